The maximum Gasteiger partial charge on any atom is 0.312 e. The highest BCUT2D eigenvalue weighted by atomic mass is 16.6. The summed E-state index contributed by atoms with van der Waals surface area (Å²) in [5.74, 6) is -0.512. The van der Waals surface area contributed by atoms with Gasteiger partial charge in [0.25, 0.3) is 0 Å². The van der Waals surface area contributed by atoms with E-state index in [1.54, 1.807) is 0 Å². The van der Waals surface area contributed by atoms with E-state index in [4.69, 9.17) is 5.11 Å². The molecule has 0 amide bonds. The van der Waals surface area contributed by atoms with Crippen molar-refractivity contribution in [3.8, 4) is 0 Å². The monoisotopic (exact) mass is 142 g/mol. The van der Waals surface area contributed by atoms with Crippen molar-refractivity contribution >= 4 is 5.97 Å². The number of carbonyl (C=O) groups is 1. The van der Waals surface area contributed by atoms with Crippen molar-refractivity contribution in [3.05, 3.63) is 25.3 Å². The van der Waals surface area contributed by atoms with Crippen molar-refractivity contribution in [2.24, 2.45) is 0 Å². The van der Waals surface area contributed by atoms with Crippen LogP contribution in [0, 0.1) is 0 Å². The lowest BCUT2D eigenvalue weighted by Crippen LogP contribution is -2.13. The Hall–Kier alpha value is -1.09. The van der Waals surface area contributed by atoms with Gasteiger partial charge in [0.05, 0.1) is 6.42 Å². The number of esters is 1. The first-order chi connectivity index (χ1) is 4.70. The summed E-state index contributed by atoms with van der Waals surface area (Å²) in [4.78, 5) is 10.5. The molecule has 0 saturated heterocycles. The number of aliphatic hydroxyl groups excluding tert-OH is 1. The predicted octanol–water partition coefficient (Wildman–Crippen LogP) is 0.610. The molecule has 3 nitrogen and oxygen atoms in total. The van der Waals surface area contributed by atoms with E-state index in [1.165, 1.54) is 6.08 Å². The normalized spacial score (nSPS) is 11.7. The van der Waals surface area contributed by atoms with Crippen LogP contribution in [-0.2, 0) is 9.53 Å². The summed E-state index contributed by atoms with van der Waals surface area (Å²) < 4.78 is 4.37. The first-order valence-electron chi connectivity index (χ1n) is 2.81. The lowest BCUT2D eigenvalue weighted by Gasteiger charge is -2.04. The Bertz CT molecular complexity index is 140. The molecule has 0 heterocycles. The molecule has 0 aromatic heterocycles. The SMILES string of the molecule is C=CCC(=O)OC(O)C=C. The van der Waals surface area contributed by atoms with Gasteiger partial charge in [0.2, 0.25) is 6.29 Å². The number of hydrogen-bond acceptors (Lipinski definition) is 3. The molecule has 0 saturated carbocycles. The van der Waals surface area contributed by atoms with Crippen LogP contribution in [0.1, 0.15) is 6.42 Å². The van der Waals surface area contributed by atoms with E-state index in [2.05, 4.69) is 17.9 Å². The number of ether oxygens (including phenoxy) is 1. The van der Waals surface area contributed by atoms with Crippen LogP contribution in [-0.4, -0.2) is 17.4 Å². The van der Waals surface area contributed by atoms with Gasteiger partial charge in [-0.25, -0.2) is 0 Å². The summed E-state index contributed by atoms with van der Waals surface area (Å²) in [6, 6.07) is 0. The average molecular weight is 142 g/mol. The third-order valence-corrected chi connectivity index (χ3v) is 0.765. The van der Waals surface area contributed by atoms with Crippen LogP contribution in [0.2, 0.25) is 0 Å². The van der Waals surface area contributed by atoms with Gasteiger partial charge in [0.1, 0.15) is 0 Å². The van der Waals surface area contributed by atoms with Gasteiger partial charge in [-0.05, 0) is 6.08 Å². The molecule has 0 aromatic rings. The second-order valence-corrected chi connectivity index (χ2v) is 1.61. The molecule has 0 radical (unpaired) electrons. The van der Waals surface area contributed by atoms with Crippen molar-refractivity contribution < 1.29 is 14.6 Å². The number of carbonyl (C=O) groups excluding carboxylic acids is 1. The zero-order valence-corrected chi connectivity index (χ0v) is 5.62. The second-order valence-electron chi connectivity index (χ2n) is 1.61. The van der Waals surface area contributed by atoms with Crippen molar-refractivity contribution in [1.82, 2.24) is 0 Å². The minimum Gasteiger partial charge on any atom is -0.432 e. The van der Waals surface area contributed by atoms with Gasteiger partial charge >= 0.3 is 5.97 Å². The average Bonchev–Trinajstić information content (AvgIpc) is 1.88. The molecule has 0 fully saturated rings. The molecule has 1 atom stereocenters. The van der Waals surface area contributed by atoms with E-state index in [0.29, 0.717) is 0 Å². The van der Waals surface area contributed by atoms with E-state index in [0.717, 1.165) is 6.08 Å². The maximum atomic E-state index is 10.5. The molecule has 0 aliphatic heterocycles. The van der Waals surface area contributed by atoms with E-state index in [9.17, 15) is 4.79 Å². The Labute approximate surface area is 59.6 Å². The maximum absolute atomic E-state index is 10.5. The third kappa shape index (κ3) is 3.86. The Morgan fingerprint density at radius 2 is 2.30 bits per heavy atom. The molecule has 0 spiro atoms. The van der Waals surface area contributed by atoms with Crippen LogP contribution in [0.15, 0.2) is 25.3 Å². The van der Waals surface area contributed by atoms with Gasteiger partial charge in [-0.15, -0.1) is 6.58 Å². The first-order valence-corrected chi connectivity index (χ1v) is 2.81. The van der Waals surface area contributed by atoms with E-state index in [-0.39, 0.29) is 6.42 Å². The highest BCUT2D eigenvalue weighted by Crippen LogP contribution is 1.92. The molecule has 0 bridgehead atoms. The van der Waals surface area contributed by atoms with Gasteiger partial charge in [-0.3, -0.25) is 4.79 Å². The van der Waals surface area contributed by atoms with Crippen LogP contribution < -0.4 is 0 Å². The highest BCUT2D eigenvalue weighted by Gasteiger charge is 2.03. The fraction of sp³-hybridized carbons (Fsp3) is 0.286. The molecule has 0 aliphatic rings. The quantitative estimate of drug-likeness (QED) is 0.355. The fourth-order valence-electron chi connectivity index (χ4n) is 0.349. The van der Waals surface area contributed by atoms with Gasteiger partial charge in [-0.2, -0.15) is 0 Å². The fourth-order valence-corrected chi connectivity index (χ4v) is 0.349. The number of rotatable bonds is 4. The highest BCUT2D eigenvalue weighted by molar-refractivity contribution is 5.71. The van der Waals surface area contributed by atoms with E-state index in [1.807, 2.05) is 0 Å². The third-order valence-electron chi connectivity index (χ3n) is 0.765. The lowest BCUT2D eigenvalue weighted by atomic mass is 10.4. The van der Waals surface area contributed by atoms with Crippen molar-refractivity contribution in [2.45, 2.75) is 12.7 Å². The molecule has 0 rings (SSSR count). The standard InChI is InChI=1S/C7H10O3/c1-3-5-7(9)10-6(8)4-2/h3-4,6,8H,1-2,5H2. The van der Waals surface area contributed by atoms with Crippen LogP contribution in [0.5, 0.6) is 0 Å². The van der Waals surface area contributed by atoms with Crippen molar-refractivity contribution in [3.63, 3.8) is 0 Å². The van der Waals surface area contributed by atoms with Crippen molar-refractivity contribution in [1.29, 1.82) is 0 Å². The summed E-state index contributed by atoms with van der Waals surface area (Å²) in [6.07, 6.45) is 1.43. The Balaban J connectivity index is 3.56. The molecule has 0 aromatic carbocycles. The van der Waals surface area contributed by atoms with Crippen molar-refractivity contribution in [2.75, 3.05) is 0 Å². The summed E-state index contributed by atoms with van der Waals surface area (Å²) in [7, 11) is 0. The van der Waals surface area contributed by atoms with Crippen LogP contribution in [0.4, 0.5) is 0 Å². The zero-order chi connectivity index (χ0) is 7.98. The van der Waals surface area contributed by atoms with E-state index >= 15 is 0 Å². The van der Waals surface area contributed by atoms with Gasteiger partial charge < -0.3 is 9.84 Å². The minimum atomic E-state index is -1.20. The van der Waals surface area contributed by atoms with Gasteiger partial charge in [-0.1, -0.05) is 12.7 Å². The number of aliphatic hydroxyl groups is 1. The predicted molar refractivity (Wildman–Crippen MR) is 37.1 cm³/mol. The van der Waals surface area contributed by atoms with E-state index < -0.39 is 12.3 Å². The van der Waals surface area contributed by atoms with Gasteiger partial charge in [0.15, 0.2) is 0 Å². The molecule has 1 unspecified atom stereocenters. The number of hydrogen-bond donors (Lipinski definition) is 1. The van der Waals surface area contributed by atoms with Crippen LogP contribution >= 0.6 is 0 Å². The minimum absolute atomic E-state index is 0.102. The lowest BCUT2D eigenvalue weighted by molar-refractivity contribution is -0.159. The summed E-state index contributed by atoms with van der Waals surface area (Å²) in [5, 5.41) is 8.66. The molecule has 10 heavy (non-hydrogen) atoms. The Kier molecular flexibility index (Phi) is 4.24. The second kappa shape index (κ2) is 4.76. The first kappa shape index (κ1) is 8.91. The summed E-state index contributed by atoms with van der Waals surface area (Å²) >= 11 is 0. The summed E-state index contributed by atoms with van der Waals surface area (Å²) in [5.41, 5.74) is 0. The largest absolute Gasteiger partial charge is 0.432 e. The molecule has 3 heteroatoms. The molecule has 56 valence electrons. The topological polar surface area (TPSA) is 46.5 Å². The Morgan fingerprint density at radius 1 is 1.70 bits per heavy atom. The Morgan fingerprint density at radius 3 is 2.70 bits per heavy atom. The zero-order valence-electron chi connectivity index (χ0n) is 5.62. The summed E-state index contributed by atoms with van der Waals surface area (Å²) in [6.45, 7) is 6.55. The van der Waals surface area contributed by atoms with Crippen LogP contribution in [0.3, 0.4) is 0 Å². The van der Waals surface area contributed by atoms with Gasteiger partial charge in [0, 0.05) is 0 Å². The molecular weight excluding hydrogens is 132 g/mol. The molecule has 0 aliphatic carbocycles. The molecule has 1 N–H and O–H groups in total. The smallest absolute Gasteiger partial charge is 0.312 e. The van der Waals surface area contributed by atoms with Crippen LogP contribution in [0.25, 0.3) is 0 Å². The molecular formula is C7H10O3.